The molecule has 0 radical (unpaired) electrons. The van der Waals surface area contributed by atoms with E-state index >= 15 is 0 Å². The Morgan fingerprint density at radius 2 is 1.61 bits per heavy atom. The fourth-order valence-electron chi connectivity index (χ4n) is 5.29. The van der Waals surface area contributed by atoms with Gasteiger partial charge in [-0.1, -0.05) is 0 Å². The molecule has 0 aromatic carbocycles. The highest BCUT2D eigenvalue weighted by atomic mass is 16.3. The third-order valence-electron chi connectivity index (χ3n) is 6.12. The number of hydrogen-bond donors (Lipinski definition) is 3. The second-order valence-electron chi connectivity index (χ2n) is 8.92. The van der Waals surface area contributed by atoms with Gasteiger partial charge in [0.05, 0.1) is 12.1 Å². The predicted molar refractivity (Wildman–Crippen MR) is 87.5 cm³/mol. The lowest BCUT2D eigenvalue weighted by atomic mass is 9.49. The summed E-state index contributed by atoms with van der Waals surface area (Å²) in [5, 5.41) is 15.0. The van der Waals surface area contributed by atoms with Crippen molar-refractivity contribution < 1.29 is 14.7 Å². The maximum atomic E-state index is 12.9. The highest BCUT2D eigenvalue weighted by Gasteiger charge is 2.54. The van der Waals surface area contributed by atoms with Gasteiger partial charge in [0, 0.05) is 5.41 Å². The minimum Gasteiger partial charge on any atom is -0.394 e. The van der Waals surface area contributed by atoms with E-state index in [0.29, 0.717) is 17.8 Å². The highest BCUT2D eigenvalue weighted by molar-refractivity contribution is 5.90. The van der Waals surface area contributed by atoms with Crippen molar-refractivity contribution in [3.63, 3.8) is 0 Å². The molecular weight excluding hydrogens is 292 g/mol. The topological polar surface area (TPSA) is 78.4 Å². The molecule has 0 aliphatic heterocycles. The SMILES string of the molecule is C[C@@H](NC(=O)C12CC3CC(CC(C3)C1)C2)C(=O)NC(C)(C)CO. The van der Waals surface area contributed by atoms with Crippen molar-refractivity contribution >= 4 is 11.8 Å². The fourth-order valence-corrected chi connectivity index (χ4v) is 5.29. The molecule has 23 heavy (non-hydrogen) atoms. The van der Waals surface area contributed by atoms with Crippen LogP contribution in [0, 0.1) is 23.2 Å². The van der Waals surface area contributed by atoms with Gasteiger partial charge in [-0.05, 0) is 77.0 Å². The molecule has 4 rings (SSSR count). The number of amides is 2. The van der Waals surface area contributed by atoms with E-state index in [2.05, 4.69) is 10.6 Å². The Kier molecular flexibility index (Phi) is 4.20. The van der Waals surface area contributed by atoms with Crippen LogP contribution in [0.5, 0.6) is 0 Å². The van der Waals surface area contributed by atoms with Crippen molar-refractivity contribution in [1.82, 2.24) is 10.6 Å². The van der Waals surface area contributed by atoms with Gasteiger partial charge in [0.1, 0.15) is 6.04 Å². The van der Waals surface area contributed by atoms with Crippen LogP contribution in [-0.2, 0) is 9.59 Å². The van der Waals surface area contributed by atoms with Gasteiger partial charge >= 0.3 is 0 Å². The number of rotatable bonds is 5. The molecule has 4 saturated carbocycles. The molecule has 4 aliphatic carbocycles. The fraction of sp³-hybridized carbons (Fsp3) is 0.889. The molecule has 0 aromatic heterocycles. The number of nitrogens with one attached hydrogen (secondary N) is 2. The predicted octanol–water partition coefficient (Wildman–Crippen LogP) is 1.59. The van der Waals surface area contributed by atoms with E-state index in [9.17, 15) is 14.7 Å². The van der Waals surface area contributed by atoms with Crippen LogP contribution in [0.3, 0.4) is 0 Å². The van der Waals surface area contributed by atoms with E-state index in [1.165, 1.54) is 19.3 Å². The van der Waals surface area contributed by atoms with Gasteiger partial charge in [-0.25, -0.2) is 0 Å². The van der Waals surface area contributed by atoms with Crippen LogP contribution in [0.1, 0.15) is 59.3 Å². The van der Waals surface area contributed by atoms with Crippen LogP contribution in [0.4, 0.5) is 0 Å². The number of carbonyl (C=O) groups excluding carboxylic acids is 2. The summed E-state index contributed by atoms with van der Waals surface area (Å²) in [6.07, 6.45) is 6.90. The Bertz CT molecular complexity index is 465. The van der Waals surface area contributed by atoms with Crippen molar-refractivity contribution in [1.29, 1.82) is 0 Å². The molecule has 5 heteroatoms. The summed E-state index contributed by atoms with van der Waals surface area (Å²) in [5.41, 5.74) is -0.896. The van der Waals surface area contributed by atoms with Crippen molar-refractivity contribution in [3.8, 4) is 0 Å². The summed E-state index contributed by atoms with van der Waals surface area (Å²) >= 11 is 0. The molecule has 0 aromatic rings. The maximum Gasteiger partial charge on any atom is 0.242 e. The molecule has 3 N–H and O–H groups in total. The Balaban J connectivity index is 1.62. The molecule has 0 spiro atoms. The van der Waals surface area contributed by atoms with Crippen molar-refractivity contribution in [3.05, 3.63) is 0 Å². The molecule has 2 amide bonds. The average molecular weight is 322 g/mol. The minimum absolute atomic E-state index is 0.0704. The molecule has 4 fully saturated rings. The molecule has 5 nitrogen and oxygen atoms in total. The molecular formula is C18H30N2O3. The molecule has 4 bridgehead atoms. The summed E-state index contributed by atoms with van der Waals surface area (Å²) in [4.78, 5) is 25.1. The molecule has 0 heterocycles. The van der Waals surface area contributed by atoms with Gasteiger partial charge in [0.2, 0.25) is 11.8 Å². The third kappa shape index (κ3) is 3.25. The highest BCUT2D eigenvalue weighted by Crippen LogP contribution is 2.60. The third-order valence-corrected chi connectivity index (χ3v) is 6.12. The van der Waals surface area contributed by atoms with Crippen molar-refractivity contribution in [2.24, 2.45) is 23.2 Å². The number of aliphatic hydroxyl groups is 1. The summed E-state index contributed by atoms with van der Waals surface area (Å²) in [5.74, 6) is 1.97. The summed E-state index contributed by atoms with van der Waals surface area (Å²) in [7, 11) is 0. The van der Waals surface area contributed by atoms with Gasteiger partial charge in [-0.3, -0.25) is 9.59 Å². The zero-order chi connectivity index (χ0) is 16.8. The lowest BCUT2D eigenvalue weighted by Crippen LogP contribution is -2.58. The molecule has 4 aliphatic rings. The van der Waals surface area contributed by atoms with E-state index in [0.717, 1.165) is 19.3 Å². The van der Waals surface area contributed by atoms with Crippen LogP contribution in [-0.4, -0.2) is 35.1 Å². The van der Waals surface area contributed by atoms with Gasteiger partial charge in [0.15, 0.2) is 0 Å². The largest absolute Gasteiger partial charge is 0.394 e. The van der Waals surface area contributed by atoms with Crippen LogP contribution in [0.25, 0.3) is 0 Å². The van der Waals surface area contributed by atoms with Crippen molar-refractivity contribution in [2.45, 2.75) is 70.9 Å². The monoisotopic (exact) mass is 322 g/mol. The average Bonchev–Trinajstić information content (AvgIpc) is 2.45. The van der Waals surface area contributed by atoms with Crippen LogP contribution >= 0.6 is 0 Å². The zero-order valence-corrected chi connectivity index (χ0v) is 14.5. The maximum absolute atomic E-state index is 12.9. The zero-order valence-electron chi connectivity index (χ0n) is 14.5. The second-order valence-corrected chi connectivity index (χ2v) is 8.92. The van der Waals surface area contributed by atoms with Gasteiger partial charge in [-0.15, -0.1) is 0 Å². The second kappa shape index (κ2) is 5.76. The molecule has 1 atom stereocenters. The molecule has 130 valence electrons. The lowest BCUT2D eigenvalue weighted by molar-refractivity contribution is -0.148. The standard InChI is InChI=1S/C18H30N2O3/c1-11(15(22)20-17(2,3)10-21)19-16(23)18-7-12-4-13(8-18)6-14(5-12)9-18/h11-14,21H,4-10H2,1-3H3,(H,19,23)(H,20,22)/t11-,12?,13?,14?,18?/m1/s1. The van der Waals surface area contributed by atoms with Crippen molar-refractivity contribution in [2.75, 3.05) is 6.61 Å². The Morgan fingerprint density at radius 1 is 1.13 bits per heavy atom. The van der Waals surface area contributed by atoms with E-state index in [-0.39, 0.29) is 23.8 Å². The van der Waals surface area contributed by atoms with E-state index in [4.69, 9.17) is 0 Å². The summed E-state index contributed by atoms with van der Waals surface area (Å²) in [6.45, 7) is 5.12. The van der Waals surface area contributed by atoms with Gasteiger partial charge < -0.3 is 15.7 Å². The van der Waals surface area contributed by atoms with E-state index in [1.54, 1.807) is 20.8 Å². The number of hydrogen-bond acceptors (Lipinski definition) is 3. The number of carbonyl (C=O) groups is 2. The molecule has 0 saturated heterocycles. The normalized spacial score (nSPS) is 36.6. The van der Waals surface area contributed by atoms with Gasteiger partial charge in [-0.2, -0.15) is 0 Å². The first-order valence-corrected chi connectivity index (χ1v) is 8.97. The van der Waals surface area contributed by atoms with E-state index in [1.807, 2.05) is 0 Å². The Hall–Kier alpha value is -1.10. The minimum atomic E-state index is -0.670. The first kappa shape index (κ1) is 16.7. The van der Waals surface area contributed by atoms with Crippen LogP contribution in [0.15, 0.2) is 0 Å². The van der Waals surface area contributed by atoms with Crippen LogP contribution < -0.4 is 10.6 Å². The summed E-state index contributed by atoms with van der Waals surface area (Å²) in [6, 6.07) is -0.568. The quantitative estimate of drug-likeness (QED) is 0.719. The summed E-state index contributed by atoms with van der Waals surface area (Å²) < 4.78 is 0. The van der Waals surface area contributed by atoms with E-state index < -0.39 is 11.6 Å². The number of aliphatic hydroxyl groups excluding tert-OH is 1. The molecule has 0 unspecified atom stereocenters. The lowest BCUT2D eigenvalue weighted by Gasteiger charge is -2.55. The smallest absolute Gasteiger partial charge is 0.242 e. The van der Waals surface area contributed by atoms with Crippen LogP contribution in [0.2, 0.25) is 0 Å². The first-order chi connectivity index (χ1) is 10.7. The Morgan fingerprint density at radius 3 is 2.04 bits per heavy atom. The Labute approximate surface area is 138 Å². The van der Waals surface area contributed by atoms with Gasteiger partial charge in [0.25, 0.3) is 0 Å². The first-order valence-electron chi connectivity index (χ1n) is 8.97.